The van der Waals surface area contributed by atoms with Gasteiger partial charge in [-0.3, -0.25) is 0 Å². The lowest BCUT2D eigenvalue weighted by atomic mass is 10.3. The van der Waals surface area contributed by atoms with Crippen molar-refractivity contribution in [2.45, 2.75) is 0 Å². The molecule has 1 aliphatic rings. The summed E-state index contributed by atoms with van der Waals surface area (Å²) in [7, 11) is 0. The highest BCUT2D eigenvalue weighted by Gasteiger charge is 1.93. The summed E-state index contributed by atoms with van der Waals surface area (Å²) in [4.78, 5) is 4.36. The Balaban J connectivity index is 2.86. The topological polar surface area (TPSA) is 27.0 Å². The molecule has 0 spiro atoms. The molecule has 0 fully saturated rings. The number of rotatable bonds is 0. The van der Waals surface area contributed by atoms with Crippen molar-refractivity contribution in [3.05, 3.63) is 26.4 Å². The predicted octanol–water partition coefficient (Wildman–Crippen LogP) is -0.530. The first-order chi connectivity index (χ1) is 5.86. The fraction of sp³-hybridized carbons (Fsp3) is 0. The fourth-order valence-corrected chi connectivity index (χ4v) is 1.46. The summed E-state index contributed by atoms with van der Waals surface area (Å²) in [5, 5.41) is 2.10. The Bertz CT molecular complexity index is 482. The molecule has 2 nitrogen and oxygen atoms in total. The van der Waals surface area contributed by atoms with Crippen LogP contribution in [-0.4, -0.2) is 17.4 Å². The van der Waals surface area contributed by atoms with E-state index in [0.717, 1.165) is 14.3 Å². The van der Waals surface area contributed by atoms with E-state index in [1.165, 1.54) is 0 Å². The van der Waals surface area contributed by atoms with Crippen molar-refractivity contribution in [1.82, 2.24) is 9.65 Å². The lowest BCUT2D eigenvalue weighted by molar-refractivity contribution is 1.18. The molecule has 0 N–H and O–H groups in total. The van der Waals surface area contributed by atoms with Crippen molar-refractivity contribution < 1.29 is 0 Å². The summed E-state index contributed by atoms with van der Waals surface area (Å²) in [6, 6.07) is 4.04. The maximum absolute atomic E-state index is 4.36. The second-order valence-corrected chi connectivity index (χ2v) is 3.49. The van der Waals surface area contributed by atoms with E-state index < -0.39 is 0 Å². The molecule has 0 saturated carbocycles. The van der Waals surface area contributed by atoms with E-state index >= 15 is 0 Å². The van der Waals surface area contributed by atoms with Crippen LogP contribution in [0.5, 0.6) is 0 Å². The van der Waals surface area contributed by atoms with Gasteiger partial charge in [0.25, 0.3) is 12.4 Å². The molecule has 0 aromatic carbocycles. The summed E-state index contributed by atoms with van der Waals surface area (Å²) < 4.78 is 5.02. The molecule has 12 heavy (non-hydrogen) atoms. The van der Waals surface area contributed by atoms with Gasteiger partial charge in [-0.05, 0) is 34.7 Å². The van der Waals surface area contributed by atoms with E-state index in [0.29, 0.717) is 0 Å². The fourth-order valence-electron chi connectivity index (χ4n) is 1.02. The second kappa shape index (κ2) is 3.21. The third kappa shape index (κ3) is 1.47. The van der Waals surface area contributed by atoms with Gasteiger partial charge in [0.05, 0.1) is 5.35 Å². The summed E-state index contributed by atoms with van der Waals surface area (Å²) in [6.45, 7) is 0. The summed E-state index contributed by atoms with van der Waals surface area (Å²) in [6.07, 6.45) is 7.40. The Hall–Kier alpha value is -0.930. The maximum atomic E-state index is 4.36. The first-order valence-electron chi connectivity index (χ1n) is 3.56. The van der Waals surface area contributed by atoms with Crippen molar-refractivity contribution >= 4 is 47.2 Å². The van der Waals surface area contributed by atoms with Gasteiger partial charge in [-0.15, -0.1) is 4.67 Å². The van der Waals surface area contributed by atoms with E-state index in [1.54, 1.807) is 12.4 Å². The molecule has 0 radical (unpaired) electrons. The molecule has 0 aliphatic carbocycles. The highest BCUT2D eigenvalue weighted by Crippen LogP contribution is 1.91. The number of hydrogen-bond acceptors (Lipinski definition) is 1. The van der Waals surface area contributed by atoms with Gasteiger partial charge in [0.15, 0.2) is 0 Å². The lowest BCUT2D eigenvalue weighted by Gasteiger charge is -1.87. The number of pyridine rings is 1. The summed E-state index contributed by atoms with van der Waals surface area (Å²) in [5.74, 6) is 0. The zero-order valence-corrected chi connectivity index (χ0v) is 8.39. The standard InChI is InChI=1S/C9H6IN2/c10-9-2-1-7-3-5-11-6-4-8(7)12-9/h1-6H/q+1. The van der Waals surface area contributed by atoms with E-state index in [4.69, 9.17) is 0 Å². The largest absolute Gasteiger partial charge is 0.294 e. The Labute approximate surface area is 83.2 Å². The van der Waals surface area contributed by atoms with Crippen LogP contribution < -0.4 is 15.2 Å². The van der Waals surface area contributed by atoms with Crippen LogP contribution in [0.1, 0.15) is 0 Å². The molecule has 0 amide bonds. The lowest BCUT2D eigenvalue weighted by Crippen LogP contribution is -2.28. The van der Waals surface area contributed by atoms with E-state index in [9.17, 15) is 0 Å². The van der Waals surface area contributed by atoms with Gasteiger partial charge in [-0.2, -0.15) is 0 Å². The number of nitrogens with zero attached hydrogens (tertiary/aromatic N) is 2. The van der Waals surface area contributed by atoms with Crippen molar-refractivity contribution in [2.75, 3.05) is 0 Å². The van der Waals surface area contributed by atoms with Gasteiger partial charge in [0.1, 0.15) is 3.70 Å². The highest BCUT2D eigenvalue weighted by molar-refractivity contribution is 14.1. The molecule has 1 aromatic rings. The van der Waals surface area contributed by atoms with Crippen molar-refractivity contribution in [2.24, 2.45) is 0 Å². The Morgan fingerprint density at radius 3 is 2.92 bits per heavy atom. The zero-order valence-electron chi connectivity index (χ0n) is 6.24. The van der Waals surface area contributed by atoms with Crippen LogP contribution in [-0.2, 0) is 0 Å². The third-order valence-electron chi connectivity index (χ3n) is 1.58. The molecule has 0 bridgehead atoms. The molecule has 58 valence electrons. The van der Waals surface area contributed by atoms with Crippen LogP contribution in [0.3, 0.4) is 0 Å². The minimum atomic E-state index is 0.986. The molecular formula is C9H6IN2+. The molecule has 1 aromatic heterocycles. The van der Waals surface area contributed by atoms with Crippen molar-refractivity contribution in [3.63, 3.8) is 0 Å². The monoisotopic (exact) mass is 269 g/mol. The summed E-state index contributed by atoms with van der Waals surface area (Å²) in [5.41, 5.74) is 0. The predicted molar refractivity (Wildman–Crippen MR) is 59.4 cm³/mol. The van der Waals surface area contributed by atoms with Gasteiger partial charge in [0, 0.05) is 17.4 Å². The smallest absolute Gasteiger partial charge is 0.242 e. The minimum absolute atomic E-state index is 0.986. The molecule has 2 rings (SSSR count). The zero-order chi connectivity index (χ0) is 8.39. The quantitative estimate of drug-likeness (QED) is 0.353. The van der Waals surface area contributed by atoms with Gasteiger partial charge in [-0.25, -0.2) is 4.98 Å². The van der Waals surface area contributed by atoms with Gasteiger partial charge in [-0.1, -0.05) is 0 Å². The highest BCUT2D eigenvalue weighted by atomic mass is 127. The van der Waals surface area contributed by atoms with Crippen LogP contribution in [0.4, 0.5) is 0 Å². The summed E-state index contributed by atoms with van der Waals surface area (Å²) >= 11 is 2.20. The van der Waals surface area contributed by atoms with E-state index in [-0.39, 0.29) is 0 Å². The molecule has 0 atom stereocenters. The molecule has 3 heteroatoms. The average Bonchev–Trinajstić information content (AvgIpc) is 2.28. The van der Waals surface area contributed by atoms with Gasteiger partial charge < -0.3 is 0 Å². The van der Waals surface area contributed by atoms with Crippen LogP contribution in [0.25, 0.3) is 12.2 Å². The van der Waals surface area contributed by atoms with Crippen LogP contribution in [0, 0.1) is 3.70 Å². The molecule has 0 unspecified atom stereocenters. The first kappa shape index (κ1) is 7.71. The van der Waals surface area contributed by atoms with E-state index in [2.05, 4.69) is 32.2 Å². The number of hydrogen-bond donors (Lipinski definition) is 0. The SMILES string of the molecule is Ic1ccc2c(n1)=CC=[N+]=CC=2. The Kier molecular flexibility index (Phi) is 2.06. The molecule has 0 saturated heterocycles. The van der Waals surface area contributed by atoms with Crippen LogP contribution in [0.15, 0.2) is 12.1 Å². The van der Waals surface area contributed by atoms with E-state index in [1.807, 2.05) is 24.3 Å². The number of fused-ring (bicyclic) bond motifs is 1. The Morgan fingerprint density at radius 2 is 2.00 bits per heavy atom. The molecule has 1 aliphatic heterocycles. The normalized spacial score (nSPS) is 12.8. The minimum Gasteiger partial charge on any atom is -0.242 e. The average molecular weight is 269 g/mol. The van der Waals surface area contributed by atoms with Gasteiger partial charge in [0.2, 0.25) is 0 Å². The van der Waals surface area contributed by atoms with Crippen LogP contribution in [0.2, 0.25) is 0 Å². The van der Waals surface area contributed by atoms with Crippen LogP contribution >= 0.6 is 22.6 Å². The maximum Gasteiger partial charge on any atom is 0.294 e. The first-order valence-corrected chi connectivity index (χ1v) is 4.64. The van der Waals surface area contributed by atoms with Gasteiger partial charge >= 0.3 is 0 Å². The molecule has 2 heterocycles. The van der Waals surface area contributed by atoms with Crippen molar-refractivity contribution in [1.29, 1.82) is 0 Å². The van der Waals surface area contributed by atoms with Crippen molar-refractivity contribution in [3.8, 4) is 0 Å². The second-order valence-electron chi connectivity index (χ2n) is 2.39. The Morgan fingerprint density at radius 1 is 1.17 bits per heavy atom. The number of halogens is 1. The third-order valence-corrected chi connectivity index (χ3v) is 2.18. The molecular weight excluding hydrogens is 263 g/mol. The number of aromatic nitrogens is 1.